The van der Waals surface area contributed by atoms with Crippen LogP contribution in [0.1, 0.15) is 10.4 Å². The molecule has 0 atom stereocenters. The summed E-state index contributed by atoms with van der Waals surface area (Å²) in [5.74, 6) is 0.254. The lowest BCUT2D eigenvalue weighted by molar-refractivity contribution is 0.102. The van der Waals surface area contributed by atoms with Crippen LogP contribution < -0.4 is 10.1 Å². The van der Waals surface area contributed by atoms with E-state index in [1.807, 2.05) is 29.6 Å². The van der Waals surface area contributed by atoms with Gasteiger partial charge in [0.15, 0.2) is 5.13 Å². The largest absolute Gasteiger partial charge is 0.496 e. The van der Waals surface area contributed by atoms with Crippen LogP contribution in [0, 0.1) is 0 Å². The van der Waals surface area contributed by atoms with Crippen molar-refractivity contribution < 1.29 is 17.9 Å². The van der Waals surface area contributed by atoms with Crippen LogP contribution >= 0.6 is 11.3 Å². The molecule has 3 aromatic rings. The number of methoxy groups -OCH3 is 1. The van der Waals surface area contributed by atoms with Crippen molar-refractivity contribution in [3.8, 4) is 17.0 Å². The van der Waals surface area contributed by atoms with Gasteiger partial charge in [-0.15, -0.1) is 11.3 Å². The number of benzene rings is 2. The number of amides is 1. The number of rotatable bonds is 6. The number of hydrogen-bond donors (Lipinski definition) is 1. The molecule has 1 amide bonds. The average Bonchev–Trinajstić information content (AvgIpc) is 3.16. The van der Waals surface area contributed by atoms with Gasteiger partial charge in [0.05, 0.1) is 17.7 Å². The van der Waals surface area contributed by atoms with Crippen molar-refractivity contribution in [2.75, 3.05) is 26.5 Å². The van der Waals surface area contributed by atoms with Gasteiger partial charge in [0, 0.05) is 30.6 Å². The van der Waals surface area contributed by atoms with E-state index in [-0.39, 0.29) is 10.5 Å². The highest BCUT2D eigenvalue weighted by Gasteiger charge is 2.19. The third kappa shape index (κ3) is 4.06. The zero-order valence-electron chi connectivity index (χ0n) is 15.5. The van der Waals surface area contributed by atoms with Crippen molar-refractivity contribution in [1.29, 1.82) is 0 Å². The molecule has 0 unspecified atom stereocenters. The Morgan fingerprint density at radius 3 is 2.61 bits per heavy atom. The van der Waals surface area contributed by atoms with E-state index < -0.39 is 15.9 Å². The SMILES string of the molecule is COc1ccccc1-c1csc(NC(=O)c2cccc(S(=O)(=O)N(C)C)c2)n1. The third-order valence-corrected chi connectivity index (χ3v) is 6.55. The van der Waals surface area contributed by atoms with Crippen LogP contribution in [0.3, 0.4) is 0 Å². The minimum absolute atomic E-state index is 0.0546. The van der Waals surface area contributed by atoms with E-state index in [9.17, 15) is 13.2 Å². The first kappa shape index (κ1) is 20.0. The lowest BCUT2D eigenvalue weighted by Gasteiger charge is -2.12. The molecule has 0 saturated carbocycles. The standard InChI is InChI=1S/C19H19N3O4S2/c1-22(2)28(24,25)14-8-6-7-13(11-14)18(23)21-19-20-16(12-27-19)15-9-4-5-10-17(15)26-3/h4-12H,1-3H3,(H,20,21,23). The average molecular weight is 418 g/mol. The van der Waals surface area contributed by atoms with Gasteiger partial charge < -0.3 is 4.74 Å². The minimum atomic E-state index is -3.62. The first-order valence-corrected chi connectivity index (χ1v) is 10.6. The number of anilines is 1. The summed E-state index contributed by atoms with van der Waals surface area (Å²) in [6.07, 6.45) is 0. The summed E-state index contributed by atoms with van der Waals surface area (Å²) in [6, 6.07) is 13.4. The molecule has 9 heteroatoms. The fourth-order valence-electron chi connectivity index (χ4n) is 2.49. The number of thiazole rings is 1. The molecule has 0 saturated heterocycles. The molecule has 2 aromatic carbocycles. The summed E-state index contributed by atoms with van der Waals surface area (Å²) < 4.78 is 31.0. The van der Waals surface area contributed by atoms with E-state index in [1.165, 1.54) is 43.6 Å². The van der Waals surface area contributed by atoms with Gasteiger partial charge in [0.1, 0.15) is 5.75 Å². The molecule has 0 fully saturated rings. The maximum absolute atomic E-state index is 12.6. The Hall–Kier alpha value is -2.75. The molecular weight excluding hydrogens is 398 g/mol. The normalized spacial score (nSPS) is 11.4. The molecule has 3 rings (SSSR count). The Morgan fingerprint density at radius 1 is 1.14 bits per heavy atom. The number of sulfonamides is 1. The van der Waals surface area contributed by atoms with E-state index in [2.05, 4.69) is 10.3 Å². The van der Waals surface area contributed by atoms with Crippen LogP contribution in [0.15, 0.2) is 58.8 Å². The molecule has 1 heterocycles. The zero-order valence-corrected chi connectivity index (χ0v) is 17.2. The number of carbonyl (C=O) groups excluding carboxylic acids is 1. The van der Waals surface area contributed by atoms with E-state index in [0.717, 1.165) is 9.87 Å². The second-order valence-electron chi connectivity index (χ2n) is 6.01. The molecule has 0 bridgehead atoms. The molecule has 1 N–H and O–H groups in total. The smallest absolute Gasteiger partial charge is 0.257 e. The van der Waals surface area contributed by atoms with Crippen LogP contribution in [0.5, 0.6) is 5.75 Å². The lowest BCUT2D eigenvalue weighted by Crippen LogP contribution is -2.22. The maximum Gasteiger partial charge on any atom is 0.257 e. The fraction of sp³-hybridized carbons (Fsp3) is 0.158. The summed E-state index contributed by atoms with van der Waals surface area (Å²) in [5, 5.41) is 4.94. The van der Waals surface area contributed by atoms with Gasteiger partial charge in [0.25, 0.3) is 5.91 Å². The highest BCUT2D eigenvalue weighted by molar-refractivity contribution is 7.89. The van der Waals surface area contributed by atoms with Gasteiger partial charge >= 0.3 is 0 Å². The Balaban J connectivity index is 1.82. The number of nitrogens with zero attached hydrogens (tertiary/aromatic N) is 2. The molecule has 7 nitrogen and oxygen atoms in total. The van der Waals surface area contributed by atoms with Crippen molar-refractivity contribution in [2.24, 2.45) is 0 Å². The topological polar surface area (TPSA) is 88.6 Å². The molecule has 0 spiro atoms. The minimum Gasteiger partial charge on any atom is -0.496 e. The number of aromatic nitrogens is 1. The zero-order chi connectivity index (χ0) is 20.3. The molecule has 0 aliphatic rings. The number of ether oxygens (including phenoxy) is 1. The monoisotopic (exact) mass is 417 g/mol. The molecule has 0 radical (unpaired) electrons. The first-order chi connectivity index (χ1) is 13.3. The summed E-state index contributed by atoms with van der Waals surface area (Å²) in [6.45, 7) is 0. The van der Waals surface area contributed by atoms with Crippen LogP contribution in [-0.2, 0) is 10.0 Å². The van der Waals surface area contributed by atoms with Crippen LogP contribution in [0.25, 0.3) is 11.3 Å². The second kappa shape index (κ2) is 8.09. The summed E-state index contributed by atoms with van der Waals surface area (Å²) in [7, 11) is 0.850. The van der Waals surface area contributed by atoms with Gasteiger partial charge in [0.2, 0.25) is 10.0 Å². The van der Waals surface area contributed by atoms with Crippen molar-refractivity contribution >= 4 is 32.4 Å². The Bertz CT molecular complexity index is 1110. The number of carbonyl (C=O) groups is 1. The molecule has 28 heavy (non-hydrogen) atoms. The predicted molar refractivity (Wildman–Crippen MR) is 109 cm³/mol. The second-order valence-corrected chi connectivity index (χ2v) is 9.02. The first-order valence-electron chi connectivity index (χ1n) is 8.26. The van der Waals surface area contributed by atoms with E-state index in [0.29, 0.717) is 16.6 Å². The Morgan fingerprint density at radius 2 is 1.89 bits per heavy atom. The number of hydrogen-bond acceptors (Lipinski definition) is 6. The van der Waals surface area contributed by atoms with Gasteiger partial charge in [-0.3, -0.25) is 10.1 Å². The van der Waals surface area contributed by atoms with Crippen LogP contribution in [0.2, 0.25) is 0 Å². The highest BCUT2D eigenvalue weighted by atomic mass is 32.2. The summed E-state index contributed by atoms with van der Waals surface area (Å²) in [4.78, 5) is 17.0. The van der Waals surface area contributed by atoms with Gasteiger partial charge in [-0.1, -0.05) is 18.2 Å². The van der Waals surface area contributed by atoms with E-state index >= 15 is 0 Å². The Labute approximate surface area is 167 Å². The predicted octanol–water partition coefficient (Wildman–Crippen LogP) is 3.32. The maximum atomic E-state index is 12.6. The molecular formula is C19H19N3O4S2. The molecule has 1 aromatic heterocycles. The van der Waals surface area contributed by atoms with E-state index in [1.54, 1.807) is 13.2 Å². The summed E-state index contributed by atoms with van der Waals surface area (Å²) in [5.41, 5.74) is 1.74. The van der Waals surface area contributed by atoms with Gasteiger partial charge in [-0.25, -0.2) is 17.7 Å². The molecule has 0 aliphatic heterocycles. The van der Waals surface area contributed by atoms with Gasteiger partial charge in [-0.2, -0.15) is 0 Å². The lowest BCUT2D eigenvalue weighted by atomic mass is 10.1. The molecule has 0 aliphatic carbocycles. The van der Waals surface area contributed by atoms with Crippen molar-refractivity contribution in [1.82, 2.24) is 9.29 Å². The highest BCUT2D eigenvalue weighted by Crippen LogP contribution is 2.32. The van der Waals surface area contributed by atoms with Crippen molar-refractivity contribution in [2.45, 2.75) is 4.90 Å². The van der Waals surface area contributed by atoms with Gasteiger partial charge in [-0.05, 0) is 30.3 Å². The third-order valence-electron chi connectivity index (χ3n) is 3.98. The van der Waals surface area contributed by atoms with E-state index in [4.69, 9.17) is 4.74 Å². The summed E-state index contributed by atoms with van der Waals surface area (Å²) >= 11 is 1.28. The van der Waals surface area contributed by atoms with Crippen molar-refractivity contribution in [3.63, 3.8) is 0 Å². The quantitative estimate of drug-likeness (QED) is 0.665. The molecule has 146 valence electrons. The Kier molecular flexibility index (Phi) is 5.78. The van der Waals surface area contributed by atoms with Crippen LogP contribution in [-0.4, -0.2) is 44.8 Å². The number of para-hydroxylation sites is 1. The fourth-order valence-corrected chi connectivity index (χ4v) is 4.14. The van der Waals surface area contributed by atoms with Crippen molar-refractivity contribution in [3.05, 3.63) is 59.5 Å². The van der Waals surface area contributed by atoms with Crippen LogP contribution in [0.4, 0.5) is 5.13 Å². The number of nitrogens with one attached hydrogen (secondary N) is 1.